The maximum atomic E-state index is 13.3. The summed E-state index contributed by atoms with van der Waals surface area (Å²) in [6.45, 7) is 4.62. The molecular formula is C17H22FN3. The van der Waals surface area contributed by atoms with E-state index in [-0.39, 0.29) is 5.82 Å². The van der Waals surface area contributed by atoms with Crippen LogP contribution in [0.3, 0.4) is 0 Å². The first-order valence-electron chi connectivity index (χ1n) is 7.30. The van der Waals surface area contributed by atoms with Gasteiger partial charge in [0, 0.05) is 26.3 Å². The number of benzene rings is 1. The number of aromatic nitrogens is 1. The van der Waals surface area contributed by atoms with Crippen molar-refractivity contribution < 1.29 is 4.39 Å². The minimum atomic E-state index is -0.197. The van der Waals surface area contributed by atoms with E-state index in [1.165, 1.54) is 11.6 Å². The lowest BCUT2D eigenvalue weighted by Gasteiger charge is -2.22. The van der Waals surface area contributed by atoms with Crippen molar-refractivity contribution in [3.8, 4) is 0 Å². The van der Waals surface area contributed by atoms with Crippen LogP contribution in [0.5, 0.6) is 0 Å². The number of halogens is 1. The molecule has 21 heavy (non-hydrogen) atoms. The van der Waals surface area contributed by atoms with Gasteiger partial charge in [0.2, 0.25) is 0 Å². The van der Waals surface area contributed by atoms with E-state index >= 15 is 0 Å². The topological polar surface area (TPSA) is 28.2 Å². The number of rotatable bonds is 7. The van der Waals surface area contributed by atoms with E-state index in [0.29, 0.717) is 6.54 Å². The van der Waals surface area contributed by atoms with Crippen LogP contribution in [0.4, 0.5) is 10.1 Å². The van der Waals surface area contributed by atoms with Crippen molar-refractivity contribution in [3.05, 3.63) is 59.7 Å². The van der Waals surface area contributed by atoms with E-state index in [4.69, 9.17) is 0 Å². The van der Waals surface area contributed by atoms with Gasteiger partial charge >= 0.3 is 0 Å². The molecule has 1 heterocycles. The number of pyridine rings is 1. The highest BCUT2D eigenvalue weighted by molar-refractivity contribution is 5.51. The predicted molar refractivity (Wildman–Crippen MR) is 84.7 cm³/mol. The Bertz CT molecular complexity index is 571. The first kappa shape index (κ1) is 15.4. The number of anilines is 1. The molecule has 0 aliphatic heterocycles. The zero-order valence-electron chi connectivity index (χ0n) is 12.6. The second-order valence-electron chi connectivity index (χ2n) is 5.17. The third-order valence-corrected chi connectivity index (χ3v) is 3.35. The molecule has 0 radical (unpaired) electrons. The number of hydrogen-bond acceptors (Lipinski definition) is 3. The molecule has 0 aliphatic carbocycles. The molecule has 0 atom stereocenters. The molecule has 4 heteroatoms. The van der Waals surface area contributed by atoms with Crippen LogP contribution in [0.2, 0.25) is 0 Å². The highest BCUT2D eigenvalue weighted by Crippen LogP contribution is 2.20. The Kier molecular flexibility index (Phi) is 5.69. The van der Waals surface area contributed by atoms with Gasteiger partial charge in [-0.05, 0) is 42.3 Å². The number of hydrogen-bond donors (Lipinski definition) is 1. The highest BCUT2D eigenvalue weighted by Gasteiger charge is 2.08. The van der Waals surface area contributed by atoms with Crippen LogP contribution >= 0.6 is 0 Å². The van der Waals surface area contributed by atoms with Gasteiger partial charge in [0.25, 0.3) is 0 Å². The molecule has 0 spiro atoms. The summed E-state index contributed by atoms with van der Waals surface area (Å²) in [6.07, 6.45) is 4.78. The summed E-state index contributed by atoms with van der Waals surface area (Å²) in [4.78, 5) is 6.31. The molecule has 2 aromatic rings. The Morgan fingerprint density at radius 3 is 2.90 bits per heavy atom. The summed E-state index contributed by atoms with van der Waals surface area (Å²) in [6, 6.07) is 8.74. The van der Waals surface area contributed by atoms with Crippen molar-refractivity contribution in [3.63, 3.8) is 0 Å². The van der Waals surface area contributed by atoms with Gasteiger partial charge < -0.3 is 10.2 Å². The van der Waals surface area contributed by atoms with Gasteiger partial charge in [0.05, 0.1) is 11.9 Å². The Morgan fingerprint density at radius 1 is 1.29 bits per heavy atom. The second kappa shape index (κ2) is 7.74. The smallest absolute Gasteiger partial charge is 0.123 e. The van der Waals surface area contributed by atoms with Crippen LogP contribution < -0.4 is 10.2 Å². The summed E-state index contributed by atoms with van der Waals surface area (Å²) in [5.41, 5.74) is 3.23. The van der Waals surface area contributed by atoms with Crippen molar-refractivity contribution in [2.24, 2.45) is 0 Å². The van der Waals surface area contributed by atoms with E-state index < -0.39 is 0 Å². The Morgan fingerprint density at radius 2 is 2.14 bits per heavy atom. The monoisotopic (exact) mass is 287 g/mol. The van der Waals surface area contributed by atoms with Gasteiger partial charge in [0.1, 0.15) is 5.82 Å². The normalized spacial score (nSPS) is 10.6. The Labute approximate surface area is 125 Å². The zero-order valence-corrected chi connectivity index (χ0v) is 12.6. The van der Waals surface area contributed by atoms with Gasteiger partial charge in [0.15, 0.2) is 0 Å². The predicted octanol–water partition coefficient (Wildman–Crippen LogP) is 3.36. The number of nitrogens with zero attached hydrogens (tertiary/aromatic N) is 2. The fourth-order valence-corrected chi connectivity index (χ4v) is 2.30. The molecule has 0 saturated heterocycles. The van der Waals surface area contributed by atoms with Crippen LogP contribution in [0, 0.1) is 5.82 Å². The number of nitrogens with one attached hydrogen (secondary N) is 1. The molecular weight excluding hydrogens is 265 g/mol. The van der Waals surface area contributed by atoms with Crippen molar-refractivity contribution in [1.29, 1.82) is 0 Å². The lowest BCUT2D eigenvalue weighted by atomic mass is 10.1. The van der Waals surface area contributed by atoms with E-state index in [9.17, 15) is 4.39 Å². The quantitative estimate of drug-likeness (QED) is 0.792. The molecule has 0 amide bonds. The first-order chi connectivity index (χ1) is 10.2. The van der Waals surface area contributed by atoms with Crippen molar-refractivity contribution >= 4 is 5.69 Å². The van der Waals surface area contributed by atoms with Gasteiger partial charge in [-0.25, -0.2) is 4.39 Å². The molecule has 1 aromatic heterocycles. The Hall–Kier alpha value is -1.94. The van der Waals surface area contributed by atoms with E-state index in [1.54, 1.807) is 12.1 Å². The van der Waals surface area contributed by atoms with Crippen LogP contribution in [0.1, 0.15) is 24.5 Å². The summed E-state index contributed by atoms with van der Waals surface area (Å²) >= 11 is 0. The van der Waals surface area contributed by atoms with Gasteiger partial charge in [-0.2, -0.15) is 0 Å². The SMILES string of the molecule is CCCNCc1ccncc1N(C)Cc1cccc(F)c1. The molecule has 0 saturated carbocycles. The molecule has 1 N–H and O–H groups in total. The molecule has 3 nitrogen and oxygen atoms in total. The maximum absolute atomic E-state index is 13.3. The van der Waals surface area contributed by atoms with Crippen molar-refractivity contribution in [1.82, 2.24) is 10.3 Å². The molecule has 2 rings (SSSR count). The third-order valence-electron chi connectivity index (χ3n) is 3.35. The third kappa shape index (κ3) is 4.53. The van der Waals surface area contributed by atoms with Crippen molar-refractivity contribution in [2.75, 3.05) is 18.5 Å². The minimum absolute atomic E-state index is 0.197. The second-order valence-corrected chi connectivity index (χ2v) is 5.17. The average molecular weight is 287 g/mol. The van der Waals surface area contributed by atoms with Crippen LogP contribution in [-0.2, 0) is 13.1 Å². The van der Waals surface area contributed by atoms with Crippen molar-refractivity contribution in [2.45, 2.75) is 26.4 Å². The van der Waals surface area contributed by atoms with Crippen LogP contribution in [0.25, 0.3) is 0 Å². The van der Waals surface area contributed by atoms with Gasteiger partial charge in [-0.3, -0.25) is 4.98 Å². The minimum Gasteiger partial charge on any atom is -0.369 e. The van der Waals surface area contributed by atoms with Gasteiger partial charge in [-0.1, -0.05) is 19.1 Å². The standard InChI is InChI=1S/C17H22FN3/c1-3-8-19-11-15-7-9-20-12-17(15)21(2)13-14-5-4-6-16(18)10-14/h4-7,9-10,12,19H,3,8,11,13H2,1-2H3. The van der Waals surface area contributed by atoms with E-state index in [2.05, 4.69) is 22.1 Å². The lowest BCUT2D eigenvalue weighted by Crippen LogP contribution is -2.21. The molecule has 0 unspecified atom stereocenters. The lowest BCUT2D eigenvalue weighted by molar-refractivity contribution is 0.625. The summed E-state index contributed by atoms with van der Waals surface area (Å²) in [7, 11) is 2.01. The molecule has 0 fully saturated rings. The molecule has 1 aromatic carbocycles. The first-order valence-corrected chi connectivity index (χ1v) is 7.30. The van der Waals surface area contributed by atoms with E-state index in [0.717, 1.165) is 30.8 Å². The Balaban J connectivity index is 2.09. The van der Waals surface area contributed by atoms with E-state index in [1.807, 2.05) is 31.6 Å². The average Bonchev–Trinajstić information content (AvgIpc) is 2.48. The summed E-state index contributed by atoms with van der Waals surface area (Å²) < 4.78 is 13.3. The fourth-order valence-electron chi connectivity index (χ4n) is 2.30. The van der Waals surface area contributed by atoms with Gasteiger partial charge in [-0.15, -0.1) is 0 Å². The molecule has 0 bridgehead atoms. The summed E-state index contributed by atoms with van der Waals surface area (Å²) in [5.74, 6) is -0.197. The summed E-state index contributed by atoms with van der Waals surface area (Å²) in [5, 5.41) is 3.41. The largest absolute Gasteiger partial charge is 0.369 e. The molecule has 112 valence electrons. The zero-order chi connectivity index (χ0) is 15.1. The highest BCUT2D eigenvalue weighted by atomic mass is 19.1. The van der Waals surface area contributed by atoms with Crippen LogP contribution in [-0.4, -0.2) is 18.6 Å². The van der Waals surface area contributed by atoms with Crippen LogP contribution in [0.15, 0.2) is 42.7 Å². The molecule has 0 aliphatic rings. The fraction of sp³-hybridized carbons (Fsp3) is 0.353. The maximum Gasteiger partial charge on any atom is 0.123 e.